The predicted octanol–water partition coefficient (Wildman–Crippen LogP) is 5.80. The number of aliphatic carboxylic acids is 4. The number of nitrogens with one attached hydrogen (secondary N) is 4. The van der Waals surface area contributed by atoms with Gasteiger partial charge in [-0.15, -0.1) is 0 Å². The van der Waals surface area contributed by atoms with Gasteiger partial charge in [-0.25, -0.2) is 0 Å². The zero-order chi connectivity index (χ0) is 50.4. The Bertz CT molecular complexity index is 2100. The molecule has 0 spiro atoms. The van der Waals surface area contributed by atoms with Gasteiger partial charge in [0.2, 0.25) is 0 Å². The molecule has 0 radical (unpaired) electrons. The van der Waals surface area contributed by atoms with Crippen molar-refractivity contribution in [3.8, 4) is 0 Å². The number of carboxylic acids is 4. The SMILES string of the molecule is O=C(O)C(Cc1cccc(CN(CCN(Cc2cccc(CC(C(=O)O)[C@H]3CCNC3)c2)Cc2cccc(CC(C(=O)O)[C@H]3CCNC3)c2)Cc2cccc(CC(C(=O)O)[C@H]3CCNC3)c2)c1)[C@H]1CCNC1. The number of benzene rings is 4. The van der Waals surface area contributed by atoms with Crippen molar-refractivity contribution in [1.82, 2.24) is 31.1 Å². The van der Waals surface area contributed by atoms with Crippen molar-refractivity contribution in [2.45, 2.75) is 77.5 Å². The highest BCUT2D eigenvalue weighted by Crippen LogP contribution is 2.29. The maximum atomic E-state index is 12.5. The Morgan fingerprint density at radius 2 is 0.611 bits per heavy atom. The van der Waals surface area contributed by atoms with E-state index >= 15 is 0 Å². The Morgan fingerprint density at radius 1 is 0.389 bits per heavy atom. The molecule has 8 atom stereocenters. The van der Waals surface area contributed by atoms with Crippen molar-refractivity contribution < 1.29 is 39.6 Å². The second-order valence-electron chi connectivity index (χ2n) is 21.3. The molecule has 8 N–H and O–H groups in total. The lowest BCUT2D eigenvalue weighted by molar-refractivity contribution is -0.144. The second kappa shape index (κ2) is 26.0. The normalized spacial score (nSPS) is 21.8. The third-order valence-corrected chi connectivity index (χ3v) is 16.1. The number of nitrogens with zero attached hydrogens (tertiary/aromatic N) is 2. The second-order valence-corrected chi connectivity index (χ2v) is 21.3. The van der Waals surface area contributed by atoms with Gasteiger partial charge < -0.3 is 41.7 Å². The summed E-state index contributed by atoms with van der Waals surface area (Å²) in [6.45, 7) is 9.91. The Labute approximate surface area is 425 Å². The third-order valence-electron chi connectivity index (χ3n) is 16.1. The summed E-state index contributed by atoms with van der Waals surface area (Å²) in [5.74, 6) is -4.61. The van der Waals surface area contributed by atoms with E-state index in [1.54, 1.807) is 0 Å². The van der Waals surface area contributed by atoms with Crippen LogP contribution in [0, 0.1) is 47.3 Å². The summed E-state index contributed by atoms with van der Waals surface area (Å²) in [5.41, 5.74) is 8.33. The van der Waals surface area contributed by atoms with E-state index in [4.69, 9.17) is 0 Å². The fraction of sp³-hybridized carbons (Fsp3) is 0.517. The zero-order valence-corrected chi connectivity index (χ0v) is 41.7. The predicted molar refractivity (Wildman–Crippen MR) is 277 cm³/mol. The molecule has 14 nitrogen and oxygen atoms in total. The van der Waals surface area contributed by atoms with Gasteiger partial charge in [-0.3, -0.25) is 29.0 Å². The molecule has 386 valence electrons. The number of hydrogen-bond acceptors (Lipinski definition) is 10. The van der Waals surface area contributed by atoms with Crippen LogP contribution >= 0.6 is 0 Å². The summed E-state index contributed by atoms with van der Waals surface area (Å²) in [4.78, 5) is 55.0. The van der Waals surface area contributed by atoms with Crippen molar-refractivity contribution in [1.29, 1.82) is 0 Å². The molecule has 14 heteroatoms. The van der Waals surface area contributed by atoms with Crippen molar-refractivity contribution in [3.05, 3.63) is 142 Å². The lowest BCUT2D eigenvalue weighted by Gasteiger charge is -2.29. The zero-order valence-electron chi connectivity index (χ0n) is 41.7. The highest BCUT2D eigenvalue weighted by Gasteiger charge is 2.34. The molecule has 0 saturated carbocycles. The van der Waals surface area contributed by atoms with Gasteiger partial charge in [0, 0.05) is 39.3 Å². The van der Waals surface area contributed by atoms with Crippen LogP contribution in [0.5, 0.6) is 0 Å². The van der Waals surface area contributed by atoms with Crippen LogP contribution in [0.1, 0.15) is 70.2 Å². The maximum Gasteiger partial charge on any atom is 0.307 e. The summed E-state index contributed by atoms with van der Waals surface area (Å²) in [5, 5.41) is 54.5. The highest BCUT2D eigenvalue weighted by atomic mass is 16.4. The van der Waals surface area contributed by atoms with E-state index in [-0.39, 0.29) is 23.7 Å². The van der Waals surface area contributed by atoms with Crippen molar-refractivity contribution in [3.63, 3.8) is 0 Å². The van der Waals surface area contributed by atoms with Gasteiger partial charge in [0.1, 0.15) is 0 Å². The van der Waals surface area contributed by atoms with Crippen molar-refractivity contribution >= 4 is 23.9 Å². The summed E-state index contributed by atoms with van der Waals surface area (Å²) in [7, 11) is 0. The van der Waals surface area contributed by atoms with Crippen LogP contribution < -0.4 is 21.3 Å². The van der Waals surface area contributed by atoms with Crippen molar-refractivity contribution in [2.75, 3.05) is 65.4 Å². The molecular formula is C58H76N6O8. The summed E-state index contributed by atoms with van der Waals surface area (Å²) >= 11 is 0. The summed E-state index contributed by atoms with van der Waals surface area (Å²) in [6, 6.07) is 33.3. The van der Waals surface area contributed by atoms with E-state index < -0.39 is 47.5 Å². The largest absolute Gasteiger partial charge is 0.481 e. The highest BCUT2D eigenvalue weighted by molar-refractivity contribution is 5.72. The van der Waals surface area contributed by atoms with E-state index in [1.165, 1.54) is 0 Å². The van der Waals surface area contributed by atoms with E-state index in [2.05, 4.69) is 79.6 Å². The van der Waals surface area contributed by atoms with Crippen LogP contribution in [-0.2, 0) is 71.0 Å². The van der Waals surface area contributed by atoms with Crippen LogP contribution in [0.3, 0.4) is 0 Å². The average molecular weight is 985 g/mol. The molecule has 4 aromatic carbocycles. The minimum atomic E-state index is -0.762. The standard InChI is InChI=1S/C58H76N6O8/c65-55(66)51(47-13-17-59-31-47)27-39-5-1-9-43(23-39)35-63(36-44-10-2-6-40(24-44)28-52(56(67)68)48-14-18-60-32-48)21-22-64(37-45-11-3-7-41(25-45)29-53(57(69)70)49-15-19-61-33-49)38-46-12-4-8-42(26-46)30-54(58(71)72)50-16-20-62-34-50/h1-12,23-26,47-54,59-62H,13-22,27-38H2,(H,65,66)(H,67,68)(H,69,70)(H,71,72)/t47-,48-,49-,50-,51?,52?,53?,54?/m0/s1. The quantitative estimate of drug-likeness (QED) is 0.0356. The molecule has 4 heterocycles. The Hall–Kier alpha value is -5.48. The van der Waals surface area contributed by atoms with Gasteiger partial charge in [-0.1, -0.05) is 97.1 Å². The van der Waals surface area contributed by atoms with E-state index in [1.807, 2.05) is 48.5 Å². The first-order chi connectivity index (χ1) is 34.9. The Kier molecular flexibility index (Phi) is 19.0. The molecule has 4 fully saturated rings. The number of rotatable bonds is 27. The Balaban J connectivity index is 1.06. The molecule has 4 aliphatic heterocycles. The first-order valence-corrected chi connectivity index (χ1v) is 26.4. The van der Waals surface area contributed by atoms with Crippen LogP contribution in [0.4, 0.5) is 0 Å². The lowest BCUT2D eigenvalue weighted by atomic mass is 9.86. The number of hydrogen-bond donors (Lipinski definition) is 8. The van der Waals surface area contributed by atoms with Gasteiger partial charge in [0.05, 0.1) is 23.7 Å². The molecule has 72 heavy (non-hydrogen) atoms. The molecule has 0 aliphatic carbocycles. The molecule has 4 aromatic rings. The molecule has 0 aromatic heterocycles. The molecule has 4 aliphatic rings. The number of carboxylic acid groups (broad SMARTS) is 4. The first kappa shape index (κ1) is 52.8. The van der Waals surface area contributed by atoms with Crippen LogP contribution in [0.2, 0.25) is 0 Å². The number of carbonyl (C=O) groups is 4. The van der Waals surface area contributed by atoms with Crippen LogP contribution in [0.15, 0.2) is 97.1 Å². The monoisotopic (exact) mass is 985 g/mol. The molecule has 8 rings (SSSR count). The Morgan fingerprint density at radius 3 is 0.806 bits per heavy atom. The lowest BCUT2D eigenvalue weighted by Crippen LogP contribution is -2.34. The molecular weight excluding hydrogens is 909 g/mol. The van der Waals surface area contributed by atoms with Gasteiger partial charge in [0.25, 0.3) is 0 Å². The van der Waals surface area contributed by atoms with Gasteiger partial charge in [-0.2, -0.15) is 0 Å². The maximum absolute atomic E-state index is 12.5. The first-order valence-electron chi connectivity index (χ1n) is 26.4. The molecule has 0 amide bonds. The smallest absolute Gasteiger partial charge is 0.307 e. The van der Waals surface area contributed by atoms with E-state index in [0.717, 1.165) is 96.4 Å². The van der Waals surface area contributed by atoms with E-state index in [9.17, 15) is 39.6 Å². The average Bonchev–Trinajstić information content (AvgIpc) is 4.23. The fourth-order valence-corrected chi connectivity index (χ4v) is 12.1. The fourth-order valence-electron chi connectivity index (χ4n) is 12.1. The molecule has 4 saturated heterocycles. The topological polar surface area (TPSA) is 204 Å². The van der Waals surface area contributed by atoms with Gasteiger partial charge in [0.15, 0.2) is 0 Å². The molecule has 4 unspecified atom stereocenters. The minimum absolute atomic E-state index is 0.0827. The van der Waals surface area contributed by atoms with Crippen molar-refractivity contribution in [2.24, 2.45) is 47.3 Å². The van der Waals surface area contributed by atoms with Crippen LogP contribution in [0.25, 0.3) is 0 Å². The van der Waals surface area contributed by atoms with Gasteiger partial charge >= 0.3 is 23.9 Å². The summed E-state index contributed by atoms with van der Waals surface area (Å²) in [6.07, 6.45) is 5.23. The molecule has 0 bridgehead atoms. The van der Waals surface area contributed by atoms with Crippen LogP contribution in [-0.4, -0.2) is 120 Å². The summed E-state index contributed by atoms with van der Waals surface area (Å²) < 4.78 is 0. The van der Waals surface area contributed by atoms with Gasteiger partial charge in [-0.05, 0) is 172 Å². The van der Waals surface area contributed by atoms with E-state index in [0.29, 0.717) is 91.1 Å². The minimum Gasteiger partial charge on any atom is -0.481 e. The third kappa shape index (κ3) is 15.0.